The van der Waals surface area contributed by atoms with Crippen LogP contribution in [0.25, 0.3) is 0 Å². The minimum absolute atomic E-state index is 0.0690. The van der Waals surface area contributed by atoms with E-state index in [-0.39, 0.29) is 23.9 Å². The van der Waals surface area contributed by atoms with Crippen molar-refractivity contribution in [1.29, 1.82) is 0 Å². The standard InChI is InChI=1S/C28H37NO5/c1-6-33-27(31)24-17(2)29-20-15-28(3,4)16-21(30)26(20)25(24)18-12-13-22(23(14-18)32-5)34-19-10-8-7-9-11-19/h12-14,19,25,29H,6-11,15-16H2,1-5H3/t25-/m0/s1. The van der Waals surface area contributed by atoms with Crippen molar-refractivity contribution in [1.82, 2.24) is 5.32 Å². The first-order valence-electron chi connectivity index (χ1n) is 12.5. The number of Topliss-reactive ketones (excluding diaryl/α,β-unsaturated/α-hetero) is 1. The van der Waals surface area contributed by atoms with Gasteiger partial charge in [0.15, 0.2) is 17.3 Å². The first-order chi connectivity index (χ1) is 16.2. The molecule has 1 aliphatic heterocycles. The van der Waals surface area contributed by atoms with Crippen molar-refractivity contribution < 1.29 is 23.8 Å². The van der Waals surface area contributed by atoms with Gasteiger partial charge in [-0.25, -0.2) is 4.79 Å². The summed E-state index contributed by atoms with van der Waals surface area (Å²) in [5, 5.41) is 3.37. The van der Waals surface area contributed by atoms with E-state index in [1.807, 2.05) is 25.1 Å². The van der Waals surface area contributed by atoms with Crippen molar-refractivity contribution in [2.45, 2.75) is 84.7 Å². The second kappa shape index (κ2) is 9.85. The van der Waals surface area contributed by atoms with E-state index in [1.165, 1.54) is 19.3 Å². The molecule has 1 atom stereocenters. The van der Waals surface area contributed by atoms with Crippen LogP contribution in [0, 0.1) is 5.41 Å². The molecule has 4 rings (SSSR count). The fourth-order valence-electron chi connectivity index (χ4n) is 5.57. The molecule has 0 unspecified atom stereocenters. The molecule has 6 nitrogen and oxygen atoms in total. The number of dihydropyridines is 1. The highest BCUT2D eigenvalue weighted by atomic mass is 16.5. The normalized spacial score (nSPS) is 22.7. The highest BCUT2D eigenvalue weighted by molar-refractivity contribution is 6.04. The third-order valence-electron chi connectivity index (χ3n) is 7.10. The van der Waals surface area contributed by atoms with E-state index >= 15 is 0 Å². The van der Waals surface area contributed by atoms with Gasteiger partial charge >= 0.3 is 5.97 Å². The summed E-state index contributed by atoms with van der Waals surface area (Å²) in [7, 11) is 1.63. The van der Waals surface area contributed by atoms with Crippen LogP contribution in [0.1, 0.15) is 84.1 Å². The lowest BCUT2D eigenvalue weighted by molar-refractivity contribution is -0.138. The lowest BCUT2D eigenvalue weighted by Gasteiger charge is -2.39. The van der Waals surface area contributed by atoms with Gasteiger partial charge < -0.3 is 19.5 Å². The summed E-state index contributed by atoms with van der Waals surface area (Å²) in [6.45, 7) is 8.15. The SMILES string of the molecule is CCOC(=O)C1=C(C)NC2=C(C(=O)CC(C)(C)C2)[C@H]1c1ccc(OC2CCCCC2)c(OC)c1. The van der Waals surface area contributed by atoms with Crippen LogP contribution in [-0.2, 0) is 14.3 Å². The quantitative estimate of drug-likeness (QED) is 0.551. The molecule has 1 aromatic rings. The van der Waals surface area contributed by atoms with E-state index < -0.39 is 11.9 Å². The summed E-state index contributed by atoms with van der Waals surface area (Å²) in [6, 6.07) is 5.79. The van der Waals surface area contributed by atoms with Crippen molar-refractivity contribution in [3.8, 4) is 11.5 Å². The molecule has 0 spiro atoms. The summed E-state index contributed by atoms with van der Waals surface area (Å²) >= 11 is 0. The molecule has 34 heavy (non-hydrogen) atoms. The maximum absolute atomic E-state index is 13.4. The molecule has 2 aliphatic carbocycles. The van der Waals surface area contributed by atoms with Crippen LogP contribution in [0.5, 0.6) is 11.5 Å². The Morgan fingerprint density at radius 2 is 1.85 bits per heavy atom. The number of hydrogen-bond donors (Lipinski definition) is 1. The Balaban J connectivity index is 1.77. The molecule has 1 fully saturated rings. The number of ether oxygens (including phenoxy) is 3. The number of benzene rings is 1. The Labute approximate surface area is 202 Å². The van der Waals surface area contributed by atoms with E-state index in [0.717, 1.165) is 36.2 Å². The number of ketones is 1. The predicted octanol–water partition coefficient (Wildman–Crippen LogP) is 5.57. The largest absolute Gasteiger partial charge is 0.493 e. The van der Waals surface area contributed by atoms with E-state index in [0.29, 0.717) is 29.1 Å². The lowest BCUT2D eigenvalue weighted by Crippen LogP contribution is -2.38. The van der Waals surface area contributed by atoms with E-state index in [2.05, 4.69) is 19.2 Å². The fraction of sp³-hybridized carbons (Fsp3) is 0.571. The number of methoxy groups -OCH3 is 1. The predicted molar refractivity (Wildman–Crippen MR) is 131 cm³/mol. The molecular weight excluding hydrogens is 430 g/mol. The van der Waals surface area contributed by atoms with Crippen molar-refractivity contribution in [3.63, 3.8) is 0 Å². The van der Waals surface area contributed by atoms with Gasteiger partial charge in [-0.3, -0.25) is 4.79 Å². The number of carbonyl (C=O) groups is 2. The van der Waals surface area contributed by atoms with Crippen molar-refractivity contribution in [2.75, 3.05) is 13.7 Å². The third-order valence-corrected chi connectivity index (χ3v) is 7.10. The van der Waals surface area contributed by atoms with Crippen molar-refractivity contribution in [2.24, 2.45) is 5.41 Å². The number of allylic oxidation sites excluding steroid dienone is 3. The molecule has 1 N–H and O–H groups in total. The maximum atomic E-state index is 13.4. The molecule has 0 bridgehead atoms. The van der Waals surface area contributed by atoms with E-state index in [4.69, 9.17) is 14.2 Å². The van der Waals surface area contributed by atoms with E-state index in [1.54, 1.807) is 14.0 Å². The van der Waals surface area contributed by atoms with Crippen LogP contribution in [0.2, 0.25) is 0 Å². The summed E-state index contributed by atoms with van der Waals surface area (Å²) in [4.78, 5) is 26.5. The molecule has 184 valence electrons. The first-order valence-corrected chi connectivity index (χ1v) is 12.5. The highest BCUT2D eigenvalue weighted by Gasteiger charge is 2.43. The zero-order chi connectivity index (χ0) is 24.5. The van der Waals surface area contributed by atoms with Crippen LogP contribution in [0.4, 0.5) is 0 Å². The highest BCUT2D eigenvalue weighted by Crippen LogP contribution is 2.48. The van der Waals surface area contributed by atoms with Gasteiger partial charge in [0.05, 0.1) is 25.4 Å². The van der Waals surface area contributed by atoms with Crippen molar-refractivity contribution in [3.05, 3.63) is 46.3 Å². The minimum Gasteiger partial charge on any atom is -0.493 e. The van der Waals surface area contributed by atoms with Crippen LogP contribution in [0.15, 0.2) is 40.7 Å². The van der Waals surface area contributed by atoms with Gasteiger partial charge in [-0.1, -0.05) is 26.3 Å². The first kappa shape index (κ1) is 24.4. The van der Waals surface area contributed by atoms with Gasteiger partial charge in [0.25, 0.3) is 0 Å². The molecule has 6 heteroatoms. The molecule has 0 aromatic heterocycles. The topological polar surface area (TPSA) is 73.9 Å². The Morgan fingerprint density at radius 1 is 1.12 bits per heavy atom. The fourth-order valence-corrected chi connectivity index (χ4v) is 5.57. The summed E-state index contributed by atoms with van der Waals surface area (Å²) in [6.07, 6.45) is 7.11. The number of hydrogen-bond acceptors (Lipinski definition) is 6. The van der Waals surface area contributed by atoms with Crippen LogP contribution in [0.3, 0.4) is 0 Å². The third kappa shape index (κ3) is 4.86. The molecule has 0 saturated heterocycles. The van der Waals surface area contributed by atoms with Crippen LogP contribution >= 0.6 is 0 Å². The average Bonchev–Trinajstić information content (AvgIpc) is 2.78. The van der Waals surface area contributed by atoms with Gasteiger partial charge in [0.1, 0.15) is 0 Å². The molecule has 0 radical (unpaired) electrons. The monoisotopic (exact) mass is 467 g/mol. The molecule has 1 aromatic carbocycles. The number of nitrogens with one attached hydrogen (secondary N) is 1. The molecule has 0 amide bonds. The smallest absolute Gasteiger partial charge is 0.336 e. The van der Waals surface area contributed by atoms with Gasteiger partial charge in [-0.15, -0.1) is 0 Å². The number of esters is 1. The minimum atomic E-state index is -0.503. The Bertz CT molecular complexity index is 1030. The summed E-state index contributed by atoms with van der Waals surface area (Å²) in [5.41, 5.74) is 3.47. The Morgan fingerprint density at radius 3 is 2.53 bits per heavy atom. The number of carbonyl (C=O) groups excluding carboxylic acids is 2. The van der Waals surface area contributed by atoms with Crippen LogP contribution < -0.4 is 14.8 Å². The molecule has 3 aliphatic rings. The Hall–Kier alpha value is -2.76. The van der Waals surface area contributed by atoms with Crippen molar-refractivity contribution >= 4 is 11.8 Å². The van der Waals surface area contributed by atoms with Gasteiger partial charge in [0.2, 0.25) is 0 Å². The molecular formula is C28H37NO5. The van der Waals surface area contributed by atoms with Gasteiger partial charge in [-0.2, -0.15) is 0 Å². The zero-order valence-corrected chi connectivity index (χ0v) is 21.1. The molecule has 1 saturated carbocycles. The summed E-state index contributed by atoms with van der Waals surface area (Å²) in [5.74, 6) is 0.489. The molecule has 1 heterocycles. The van der Waals surface area contributed by atoms with Crippen LogP contribution in [-0.4, -0.2) is 31.6 Å². The Kier molecular flexibility index (Phi) is 7.06. The zero-order valence-electron chi connectivity index (χ0n) is 21.1. The average molecular weight is 468 g/mol. The summed E-state index contributed by atoms with van der Waals surface area (Å²) < 4.78 is 17.4. The number of rotatable bonds is 6. The maximum Gasteiger partial charge on any atom is 0.336 e. The second-order valence-electron chi connectivity index (χ2n) is 10.4. The van der Waals surface area contributed by atoms with Gasteiger partial charge in [0, 0.05) is 29.3 Å². The lowest BCUT2D eigenvalue weighted by atomic mass is 9.68. The second-order valence-corrected chi connectivity index (χ2v) is 10.4. The van der Waals surface area contributed by atoms with Gasteiger partial charge in [-0.05, 0) is 69.1 Å². The van der Waals surface area contributed by atoms with E-state index in [9.17, 15) is 9.59 Å².